The van der Waals surface area contributed by atoms with E-state index in [1.807, 2.05) is 30.3 Å². The smallest absolute Gasteiger partial charge is 0.195 e. The highest BCUT2D eigenvalue weighted by atomic mass is 79.9. The largest absolute Gasteiger partial charge is 0.288 e. The Bertz CT molecular complexity index is 1080. The van der Waals surface area contributed by atoms with Crippen LogP contribution in [-0.4, -0.2) is 5.78 Å². The third-order valence-electron chi connectivity index (χ3n) is 4.32. The lowest BCUT2D eigenvalue weighted by Crippen LogP contribution is -2.04. The van der Waals surface area contributed by atoms with Crippen LogP contribution in [0.15, 0.2) is 122 Å². The molecular weight excluding hydrogens is 460 g/mol. The number of thiophene rings is 1. The number of benzene rings is 3. The predicted molar refractivity (Wildman–Crippen MR) is 127 cm³/mol. The van der Waals surface area contributed by atoms with E-state index in [1.54, 1.807) is 6.08 Å². The van der Waals surface area contributed by atoms with Crippen LogP contribution in [0.5, 0.6) is 0 Å². The van der Waals surface area contributed by atoms with Gasteiger partial charge in [0, 0.05) is 0 Å². The summed E-state index contributed by atoms with van der Waals surface area (Å²) in [4.78, 5) is 16.9. The van der Waals surface area contributed by atoms with Crippen molar-refractivity contribution < 1.29 is 4.79 Å². The molecule has 0 bridgehead atoms. The summed E-state index contributed by atoms with van der Waals surface area (Å²) in [6, 6.07) is 33.4. The molecule has 1 heterocycles. The number of hydrogen-bond acceptors (Lipinski definition) is 2. The van der Waals surface area contributed by atoms with E-state index in [0.717, 1.165) is 14.2 Å². The number of allylic oxidation sites excluding steroid dienone is 1. The Kier molecular flexibility index (Phi) is 6.45. The molecule has 0 saturated heterocycles. The molecule has 3 aromatic carbocycles. The number of hydrogen-bond donors (Lipinski definition) is 0. The Balaban J connectivity index is 1.59. The highest BCUT2D eigenvalue weighted by Gasteiger charge is 2.27. The van der Waals surface area contributed by atoms with Crippen LogP contribution in [0.2, 0.25) is 0 Å². The van der Waals surface area contributed by atoms with Gasteiger partial charge in [0.2, 0.25) is 0 Å². The summed E-state index contributed by atoms with van der Waals surface area (Å²) < 4.78 is 0.965. The lowest BCUT2D eigenvalue weighted by Gasteiger charge is -2.08. The fraction of sp³-hybridized carbons (Fsp3) is 0. The van der Waals surface area contributed by atoms with Crippen molar-refractivity contribution in [2.75, 3.05) is 0 Å². The summed E-state index contributed by atoms with van der Waals surface area (Å²) >= 11 is 4.85. The molecule has 0 aliphatic heterocycles. The van der Waals surface area contributed by atoms with Gasteiger partial charge < -0.3 is 0 Å². The first-order chi connectivity index (χ1) is 14.2. The molecule has 0 fully saturated rings. The second-order valence-corrected chi connectivity index (χ2v) is 10.8. The number of carbonyl (C=O) groups excluding carboxylic acids is 1. The third-order valence-corrected chi connectivity index (χ3v) is 8.19. The molecule has 0 saturated carbocycles. The van der Waals surface area contributed by atoms with Crippen molar-refractivity contribution in [3.8, 4) is 0 Å². The maximum atomic E-state index is 12.3. The van der Waals surface area contributed by atoms with E-state index < -0.39 is 0 Å². The lowest BCUT2D eigenvalue weighted by atomic mass is 10.2. The molecule has 0 aliphatic carbocycles. The molecule has 1 nitrogen and oxygen atoms in total. The molecule has 29 heavy (non-hydrogen) atoms. The average molecular weight is 478 g/mol. The molecule has 0 N–H and O–H groups in total. The first kappa shape index (κ1) is 19.9. The molecule has 4 heteroatoms. The molecule has 0 radical (unpaired) electrons. The number of halogens is 1. The van der Waals surface area contributed by atoms with Crippen molar-refractivity contribution >= 4 is 50.0 Å². The van der Waals surface area contributed by atoms with Crippen LogP contribution >= 0.6 is 27.3 Å². The zero-order chi connectivity index (χ0) is 20.1. The van der Waals surface area contributed by atoms with Crippen molar-refractivity contribution in [3.05, 3.63) is 117 Å². The SMILES string of the molecule is O=C(/C=C/c1ccc([S+](c2ccccc2)c2ccccc2)cc1)c1ccc(Br)s1. The van der Waals surface area contributed by atoms with Crippen molar-refractivity contribution in [2.45, 2.75) is 14.7 Å². The summed E-state index contributed by atoms with van der Waals surface area (Å²) in [7, 11) is -0.157. The molecule has 0 spiro atoms. The quantitative estimate of drug-likeness (QED) is 0.159. The average Bonchev–Trinajstić information content (AvgIpc) is 3.21. The zero-order valence-electron chi connectivity index (χ0n) is 15.5. The van der Waals surface area contributed by atoms with E-state index in [9.17, 15) is 4.79 Å². The zero-order valence-corrected chi connectivity index (χ0v) is 18.7. The van der Waals surface area contributed by atoms with E-state index in [2.05, 4.69) is 88.7 Å². The molecule has 0 atom stereocenters. The Morgan fingerprint density at radius 3 is 1.79 bits per heavy atom. The van der Waals surface area contributed by atoms with Crippen LogP contribution in [0.1, 0.15) is 15.2 Å². The highest BCUT2D eigenvalue weighted by Crippen LogP contribution is 2.31. The van der Waals surface area contributed by atoms with Crippen LogP contribution in [0.4, 0.5) is 0 Å². The molecule has 142 valence electrons. The topological polar surface area (TPSA) is 17.1 Å². The maximum Gasteiger partial charge on any atom is 0.195 e. The van der Waals surface area contributed by atoms with Gasteiger partial charge in [0.25, 0.3) is 0 Å². The molecule has 1 aromatic heterocycles. The summed E-state index contributed by atoms with van der Waals surface area (Å²) in [5.74, 6) is 0.0260. The Morgan fingerprint density at radius 1 is 0.724 bits per heavy atom. The van der Waals surface area contributed by atoms with Crippen LogP contribution < -0.4 is 0 Å². The Morgan fingerprint density at radius 2 is 1.28 bits per heavy atom. The Hall–Kier alpha value is -2.40. The molecule has 4 aromatic rings. The van der Waals surface area contributed by atoms with Crippen LogP contribution in [-0.2, 0) is 10.9 Å². The first-order valence-corrected chi connectivity index (χ1v) is 12.0. The van der Waals surface area contributed by atoms with Gasteiger partial charge in [-0.1, -0.05) is 42.5 Å². The Labute approximate surface area is 186 Å². The van der Waals surface area contributed by atoms with Crippen LogP contribution in [0.25, 0.3) is 6.08 Å². The van der Waals surface area contributed by atoms with Gasteiger partial charge in [0.15, 0.2) is 20.5 Å². The molecule has 4 rings (SSSR count). The second kappa shape index (κ2) is 9.40. The van der Waals surface area contributed by atoms with Gasteiger partial charge in [-0.2, -0.15) is 0 Å². The minimum atomic E-state index is -0.157. The second-order valence-electron chi connectivity index (χ2n) is 6.30. The first-order valence-electron chi connectivity index (χ1n) is 9.13. The van der Waals surface area contributed by atoms with Crippen molar-refractivity contribution in [3.63, 3.8) is 0 Å². The van der Waals surface area contributed by atoms with E-state index in [1.165, 1.54) is 26.0 Å². The lowest BCUT2D eigenvalue weighted by molar-refractivity contribution is 0.105. The molecule has 0 aliphatic rings. The number of ketones is 1. The minimum Gasteiger partial charge on any atom is -0.288 e. The van der Waals surface area contributed by atoms with Gasteiger partial charge in [-0.15, -0.1) is 11.3 Å². The van der Waals surface area contributed by atoms with Crippen molar-refractivity contribution in [1.82, 2.24) is 0 Å². The summed E-state index contributed by atoms with van der Waals surface area (Å²) in [6.07, 6.45) is 3.52. The van der Waals surface area contributed by atoms with Crippen molar-refractivity contribution in [1.29, 1.82) is 0 Å². The minimum absolute atomic E-state index is 0.0260. The van der Waals surface area contributed by atoms with Crippen LogP contribution in [0.3, 0.4) is 0 Å². The van der Waals surface area contributed by atoms with Gasteiger partial charge >= 0.3 is 0 Å². The monoisotopic (exact) mass is 477 g/mol. The number of rotatable bonds is 6. The third kappa shape index (κ3) is 4.96. The van der Waals surface area contributed by atoms with Gasteiger partial charge in [-0.25, -0.2) is 0 Å². The fourth-order valence-electron chi connectivity index (χ4n) is 2.94. The van der Waals surface area contributed by atoms with Gasteiger partial charge in [0.05, 0.1) is 19.6 Å². The van der Waals surface area contributed by atoms with Crippen molar-refractivity contribution in [2.24, 2.45) is 0 Å². The fourth-order valence-corrected chi connectivity index (χ4v) is 6.33. The van der Waals surface area contributed by atoms with Gasteiger partial charge in [-0.05, 0) is 88.2 Å². The summed E-state index contributed by atoms with van der Waals surface area (Å²) in [5.41, 5.74) is 1.02. The van der Waals surface area contributed by atoms with Gasteiger partial charge in [0.1, 0.15) is 0 Å². The predicted octanol–water partition coefficient (Wildman–Crippen LogP) is 7.50. The van der Waals surface area contributed by atoms with Gasteiger partial charge in [-0.3, -0.25) is 4.79 Å². The van der Waals surface area contributed by atoms with E-state index >= 15 is 0 Å². The molecule has 0 amide bonds. The number of carbonyl (C=O) groups is 1. The standard InChI is InChI=1S/C25H18BrOS2/c26-25-18-17-24(28-25)23(27)16-13-19-11-14-22(15-12-19)29(20-7-3-1-4-8-20)21-9-5-2-6-10-21/h1-18H/q+1/b16-13+. The summed E-state index contributed by atoms with van der Waals surface area (Å²) in [5, 5.41) is 0. The van der Waals surface area contributed by atoms with E-state index in [-0.39, 0.29) is 16.7 Å². The normalized spacial score (nSPS) is 11.2. The van der Waals surface area contributed by atoms with E-state index in [4.69, 9.17) is 0 Å². The highest BCUT2D eigenvalue weighted by molar-refractivity contribution is 9.11. The molecular formula is C25H18BrOS2+. The maximum absolute atomic E-state index is 12.3. The molecule has 0 unspecified atom stereocenters. The summed E-state index contributed by atoms with van der Waals surface area (Å²) in [6.45, 7) is 0. The van der Waals surface area contributed by atoms with Crippen LogP contribution in [0, 0.1) is 0 Å². The van der Waals surface area contributed by atoms with E-state index in [0.29, 0.717) is 0 Å².